The average molecular weight is 233 g/mol. The molecule has 17 heavy (non-hydrogen) atoms. The summed E-state index contributed by atoms with van der Waals surface area (Å²) in [5.74, 6) is 1.70. The number of furan rings is 1. The van der Waals surface area contributed by atoms with Gasteiger partial charge in [-0.25, -0.2) is 0 Å². The van der Waals surface area contributed by atoms with Crippen molar-refractivity contribution in [1.82, 2.24) is 9.78 Å². The van der Waals surface area contributed by atoms with Gasteiger partial charge in [-0.2, -0.15) is 5.10 Å². The minimum atomic E-state index is -0.0227. The van der Waals surface area contributed by atoms with Gasteiger partial charge in [0, 0.05) is 13.2 Å². The van der Waals surface area contributed by atoms with E-state index >= 15 is 0 Å². The number of hydrogen-bond acceptors (Lipinski definition) is 3. The van der Waals surface area contributed by atoms with E-state index in [2.05, 4.69) is 18.9 Å². The number of aryl methyl sites for hydroxylation is 2. The van der Waals surface area contributed by atoms with E-state index in [1.165, 1.54) is 0 Å². The van der Waals surface area contributed by atoms with Gasteiger partial charge in [0.15, 0.2) is 0 Å². The Morgan fingerprint density at radius 3 is 2.82 bits per heavy atom. The van der Waals surface area contributed by atoms with E-state index < -0.39 is 0 Å². The first-order valence-electron chi connectivity index (χ1n) is 6.03. The third-order valence-corrected chi connectivity index (χ3v) is 2.94. The van der Waals surface area contributed by atoms with E-state index in [1.807, 2.05) is 30.1 Å². The fourth-order valence-corrected chi connectivity index (χ4v) is 1.90. The molecule has 0 aromatic carbocycles. The molecule has 0 aliphatic rings. The highest BCUT2D eigenvalue weighted by Gasteiger charge is 2.14. The molecule has 1 unspecified atom stereocenters. The lowest BCUT2D eigenvalue weighted by Gasteiger charge is -2.03. The summed E-state index contributed by atoms with van der Waals surface area (Å²) in [7, 11) is 1.92. The molecule has 2 heterocycles. The predicted octanol–water partition coefficient (Wildman–Crippen LogP) is 2.65. The summed E-state index contributed by atoms with van der Waals surface area (Å²) in [6, 6.07) is 3.90. The first kappa shape index (κ1) is 11.9. The Labute approximate surface area is 101 Å². The number of nitrogens with zero attached hydrogens (tertiary/aromatic N) is 2. The molecular formula is C13H19N3O. The lowest BCUT2D eigenvalue weighted by Crippen LogP contribution is -2.06. The van der Waals surface area contributed by atoms with Crippen LogP contribution >= 0.6 is 0 Å². The van der Waals surface area contributed by atoms with Crippen molar-refractivity contribution in [1.29, 1.82) is 0 Å². The Morgan fingerprint density at radius 1 is 1.41 bits per heavy atom. The van der Waals surface area contributed by atoms with Crippen LogP contribution in [0.25, 0.3) is 11.3 Å². The van der Waals surface area contributed by atoms with E-state index in [4.69, 9.17) is 10.2 Å². The molecule has 2 N–H and O–H groups in total. The Hall–Kier alpha value is -1.55. The van der Waals surface area contributed by atoms with Gasteiger partial charge in [0.2, 0.25) is 0 Å². The topological polar surface area (TPSA) is 57.0 Å². The van der Waals surface area contributed by atoms with Crippen LogP contribution in [0.4, 0.5) is 0 Å². The Bertz CT molecular complexity index is 498. The van der Waals surface area contributed by atoms with Gasteiger partial charge in [0.25, 0.3) is 0 Å². The highest BCUT2D eigenvalue weighted by molar-refractivity contribution is 5.59. The summed E-state index contributed by atoms with van der Waals surface area (Å²) < 4.78 is 7.62. The third-order valence-electron chi connectivity index (χ3n) is 2.94. The molecule has 0 aliphatic carbocycles. The maximum atomic E-state index is 5.95. The lowest BCUT2D eigenvalue weighted by atomic mass is 10.1. The van der Waals surface area contributed by atoms with E-state index in [0.29, 0.717) is 0 Å². The highest BCUT2D eigenvalue weighted by Crippen LogP contribution is 2.27. The highest BCUT2D eigenvalue weighted by atomic mass is 16.3. The molecule has 2 aromatic heterocycles. The van der Waals surface area contributed by atoms with Crippen molar-refractivity contribution in [2.45, 2.75) is 32.7 Å². The molecule has 2 rings (SSSR count). The van der Waals surface area contributed by atoms with Gasteiger partial charge in [0.05, 0.1) is 17.3 Å². The van der Waals surface area contributed by atoms with Crippen molar-refractivity contribution < 1.29 is 4.42 Å². The predicted molar refractivity (Wildman–Crippen MR) is 67.5 cm³/mol. The van der Waals surface area contributed by atoms with Crippen molar-refractivity contribution in [2.75, 3.05) is 0 Å². The average Bonchev–Trinajstić information content (AvgIpc) is 2.93. The Morgan fingerprint density at radius 2 is 2.18 bits per heavy atom. The molecule has 2 aromatic rings. The molecule has 92 valence electrons. The second kappa shape index (κ2) is 4.75. The van der Waals surface area contributed by atoms with E-state index in [1.54, 1.807) is 0 Å². The SMILES string of the molecule is CCc1nn(C)cc1-c1ccc(C(N)CC)o1. The summed E-state index contributed by atoms with van der Waals surface area (Å²) >= 11 is 0. The molecule has 0 saturated carbocycles. The zero-order chi connectivity index (χ0) is 12.4. The van der Waals surface area contributed by atoms with Gasteiger partial charge in [-0.15, -0.1) is 0 Å². The van der Waals surface area contributed by atoms with Crippen LogP contribution in [0, 0.1) is 0 Å². The van der Waals surface area contributed by atoms with Crippen LogP contribution in [0.1, 0.15) is 37.8 Å². The van der Waals surface area contributed by atoms with Crippen LogP contribution in [-0.4, -0.2) is 9.78 Å². The molecule has 0 radical (unpaired) electrons. The fraction of sp³-hybridized carbons (Fsp3) is 0.462. The monoisotopic (exact) mass is 233 g/mol. The van der Waals surface area contributed by atoms with Crippen molar-refractivity contribution in [3.8, 4) is 11.3 Å². The maximum absolute atomic E-state index is 5.95. The number of nitrogens with two attached hydrogens (primary N) is 1. The largest absolute Gasteiger partial charge is 0.459 e. The Balaban J connectivity index is 2.36. The Kier molecular flexibility index (Phi) is 3.33. The summed E-state index contributed by atoms with van der Waals surface area (Å²) in [5, 5.41) is 4.41. The minimum absolute atomic E-state index is 0.0227. The molecule has 0 fully saturated rings. The van der Waals surface area contributed by atoms with Gasteiger partial charge in [-0.1, -0.05) is 13.8 Å². The van der Waals surface area contributed by atoms with Gasteiger partial charge < -0.3 is 10.2 Å². The van der Waals surface area contributed by atoms with Gasteiger partial charge in [0.1, 0.15) is 11.5 Å². The summed E-state index contributed by atoms with van der Waals surface area (Å²) in [4.78, 5) is 0. The van der Waals surface area contributed by atoms with Crippen molar-refractivity contribution >= 4 is 0 Å². The van der Waals surface area contributed by atoms with E-state index in [9.17, 15) is 0 Å². The first-order valence-corrected chi connectivity index (χ1v) is 6.03. The molecule has 4 heteroatoms. The summed E-state index contributed by atoms with van der Waals surface area (Å²) in [5.41, 5.74) is 8.06. The zero-order valence-corrected chi connectivity index (χ0v) is 10.6. The van der Waals surface area contributed by atoms with Crippen LogP contribution in [0.2, 0.25) is 0 Å². The van der Waals surface area contributed by atoms with Crippen molar-refractivity contribution in [3.05, 3.63) is 29.8 Å². The number of rotatable bonds is 4. The minimum Gasteiger partial charge on any atom is -0.459 e. The van der Waals surface area contributed by atoms with Crippen molar-refractivity contribution in [2.24, 2.45) is 12.8 Å². The number of hydrogen-bond donors (Lipinski definition) is 1. The quantitative estimate of drug-likeness (QED) is 0.883. The second-order valence-electron chi connectivity index (χ2n) is 4.23. The second-order valence-corrected chi connectivity index (χ2v) is 4.23. The van der Waals surface area contributed by atoms with Crippen LogP contribution < -0.4 is 5.73 Å². The molecule has 0 amide bonds. The lowest BCUT2D eigenvalue weighted by molar-refractivity contribution is 0.470. The summed E-state index contributed by atoms with van der Waals surface area (Å²) in [6.07, 6.45) is 3.76. The molecule has 0 saturated heterocycles. The van der Waals surface area contributed by atoms with Gasteiger partial charge in [-0.3, -0.25) is 4.68 Å². The standard InChI is InChI=1S/C13H19N3O/c1-4-10(14)13-7-6-12(17-13)9-8-16(3)15-11(9)5-2/h6-8,10H,4-5,14H2,1-3H3. The van der Waals surface area contributed by atoms with Crippen LogP contribution in [0.3, 0.4) is 0 Å². The molecule has 0 spiro atoms. The fourth-order valence-electron chi connectivity index (χ4n) is 1.90. The smallest absolute Gasteiger partial charge is 0.137 e. The normalized spacial score (nSPS) is 12.9. The van der Waals surface area contributed by atoms with Crippen molar-refractivity contribution in [3.63, 3.8) is 0 Å². The molecule has 4 nitrogen and oxygen atoms in total. The van der Waals surface area contributed by atoms with Crippen LogP contribution in [-0.2, 0) is 13.5 Å². The number of aromatic nitrogens is 2. The van der Waals surface area contributed by atoms with Crippen LogP contribution in [0.15, 0.2) is 22.7 Å². The maximum Gasteiger partial charge on any atom is 0.137 e. The van der Waals surface area contributed by atoms with Crippen LogP contribution in [0.5, 0.6) is 0 Å². The van der Waals surface area contributed by atoms with E-state index in [-0.39, 0.29) is 6.04 Å². The third kappa shape index (κ3) is 2.26. The molecule has 0 bridgehead atoms. The molecular weight excluding hydrogens is 214 g/mol. The van der Waals surface area contributed by atoms with Gasteiger partial charge >= 0.3 is 0 Å². The van der Waals surface area contributed by atoms with E-state index in [0.717, 1.165) is 35.6 Å². The zero-order valence-electron chi connectivity index (χ0n) is 10.6. The molecule has 0 aliphatic heterocycles. The summed E-state index contributed by atoms with van der Waals surface area (Å²) in [6.45, 7) is 4.14. The molecule has 1 atom stereocenters. The first-order chi connectivity index (χ1) is 8.15. The van der Waals surface area contributed by atoms with Gasteiger partial charge in [-0.05, 0) is 25.0 Å².